The first kappa shape index (κ1) is 13.8. The molecule has 2 saturated heterocycles. The van der Waals surface area contributed by atoms with E-state index in [1.54, 1.807) is 0 Å². The second-order valence-corrected chi connectivity index (χ2v) is 6.38. The van der Waals surface area contributed by atoms with Crippen molar-refractivity contribution in [1.29, 1.82) is 0 Å². The number of amides is 1. The Labute approximate surface area is 110 Å². The van der Waals surface area contributed by atoms with Crippen LogP contribution in [0, 0.1) is 5.92 Å². The summed E-state index contributed by atoms with van der Waals surface area (Å²) in [7, 11) is 0. The standard InChI is InChI=1S/C14H27N3O/c1-4-14(2,3)16-13(18)10-17-7-5-6-11-8-15-9-12(11)17/h11-12,15H,4-10H2,1-3H3,(H,16,18). The number of piperidine rings is 1. The quantitative estimate of drug-likeness (QED) is 0.785. The molecule has 0 radical (unpaired) electrons. The lowest BCUT2D eigenvalue weighted by molar-refractivity contribution is -0.124. The van der Waals surface area contributed by atoms with Gasteiger partial charge in [0.25, 0.3) is 0 Å². The average molecular weight is 253 g/mol. The molecule has 1 amide bonds. The van der Waals surface area contributed by atoms with E-state index in [4.69, 9.17) is 0 Å². The van der Waals surface area contributed by atoms with E-state index in [1.165, 1.54) is 12.8 Å². The molecule has 0 aromatic heterocycles. The summed E-state index contributed by atoms with van der Waals surface area (Å²) in [6, 6.07) is 0.578. The molecular formula is C14H27N3O. The maximum Gasteiger partial charge on any atom is 0.234 e. The number of nitrogens with one attached hydrogen (secondary N) is 2. The highest BCUT2D eigenvalue weighted by Crippen LogP contribution is 2.26. The molecule has 2 N–H and O–H groups in total. The SMILES string of the molecule is CCC(C)(C)NC(=O)CN1CCCC2CNCC21. The summed E-state index contributed by atoms with van der Waals surface area (Å²) in [5.74, 6) is 0.931. The highest BCUT2D eigenvalue weighted by molar-refractivity contribution is 5.78. The van der Waals surface area contributed by atoms with E-state index in [-0.39, 0.29) is 11.4 Å². The van der Waals surface area contributed by atoms with Crippen LogP contribution in [0.5, 0.6) is 0 Å². The number of rotatable bonds is 4. The van der Waals surface area contributed by atoms with Crippen LogP contribution in [-0.4, -0.2) is 48.6 Å². The van der Waals surface area contributed by atoms with Crippen molar-refractivity contribution in [3.63, 3.8) is 0 Å². The molecule has 2 aliphatic rings. The van der Waals surface area contributed by atoms with Crippen molar-refractivity contribution in [2.75, 3.05) is 26.2 Å². The Bertz CT molecular complexity index is 303. The molecular weight excluding hydrogens is 226 g/mol. The Balaban J connectivity index is 1.86. The van der Waals surface area contributed by atoms with E-state index >= 15 is 0 Å². The predicted molar refractivity (Wildman–Crippen MR) is 73.5 cm³/mol. The minimum Gasteiger partial charge on any atom is -0.350 e. The maximum absolute atomic E-state index is 12.1. The van der Waals surface area contributed by atoms with E-state index in [0.29, 0.717) is 12.6 Å². The van der Waals surface area contributed by atoms with Crippen LogP contribution in [0.25, 0.3) is 0 Å². The summed E-state index contributed by atoms with van der Waals surface area (Å²) >= 11 is 0. The average Bonchev–Trinajstić information content (AvgIpc) is 2.77. The zero-order valence-electron chi connectivity index (χ0n) is 12.0. The van der Waals surface area contributed by atoms with E-state index in [9.17, 15) is 4.79 Å². The lowest BCUT2D eigenvalue weighted by Gasteiger charge is -2.37. The molecule has 4 heteroatoms. The van der Waals surface area contributed by atoms with Gasteiger partial charge in [0.1, 0.15) is 0 Å². The van der Waals surface area contributed by atoms with Gasteiger partial charge in [0.05, 0.1) is 6.54 Å². The van der Waals surface area contributed by atoms with Gasteiger partial charge >= 0.3 is 0 Å². The third-order valence-electron chi connectivity index (χ3n) is 4.50. The lowest BCUT2D eigenvalue weighted by Crippen LogP contribution is -2.52. The predicted octanol–water partition coefficient (Wildman–Crippen LogP) is 0.975. The largest absolute Gasteiger partial charge is 0.350 e. The molecule has 2 heterocycles. The number of hydrogen-bond donors (Lipinski definition) is 2. The maximum atomic E-state index is 12.1. The fraction of sp³-hybridized carbons (Fsp3) is 0.929. The molecule has 2 fully saturated rings. The van der Waals surface area contributed by atoms with Crippen molar-refractivity contribution < 1.29 is 4.79 Å². The van der Waals surface area contributed by atoms with Crippen molar-refractivity contribution in [1.82, 2.24) is 15.5 Å². The Morgan fingerprint density at radius 1 is 1.44 bits per heavy atom. The third kappa shape index (κ3) is 3.23. The zero-order valence-corrected chi connectivity index (χ0v) is 12.0. The number of fused-ring (bicyclic) bond motifs is 1. The van der Waals surface area contributed by atoms with Gasteiger partial charge in [0.2, 0.25) is 5.91 Å². The van der Waals surface area contributed by atoms with Crippen molar-refractivity contribution in [3.05, 3.63) is 0 Å². The molecule has 0 saturated carbocycles. The molecule has 0 aromatic carbocycles. The summed E-state index contributed by atoms with van der Waals surface area (Å²) < 4.78 is 0. The summed E-state index contributed by atoms with van der Waals surface area (Å²) in [6.45, 7) is 10.1. The van der Waals surface area contributed by atoms with Crippen LogP contribution in [0.1, 0.15) is 40.0 Å². The molecule has 0 bridgehead atoms. The number of carbonyl (C=O) groups is 1. The first-order chi connectivity index (χ1) is 8.52. The van der Waals surface area contributed by atoms with Crippen molar-refractivity contribution in [2.45, 2.75) is 51.6 Å². The highest BCUT2D eigenvalue weighted by atomic mass is 16.2. The van der Waals surface area contributed by atoms with Gasteiger partial charge in [-0.3, -0.25) is 9.69 Å². The topological polar surface area (TPSA) is 44.4 Å². The summed E-state index contributed by atoms with van der Waals surface area (Å²) in [5, 5.41) is 6.59. The van der Waals surface area contributed by atoms with Crippen LogP contribution < -0.4 is 10.6 Å². The number of likely N-dealkylation sites (tertiary alicyclic amines) is 1. The monoisotopic (exact) mass is 253 g/mol. The molecule has 2 rings (SSSR count). The van der Waals surface area contributed by atoms with Gasteiger partial charge in [-0.1, -0.05) is 6.92 Å². The van der Waals surface area contributed by atoms with Gasteiger partial charge in [0.15, 0.2) is 0 Å². The van der Waals surface area contributed by atoms with Crippen LogP contribution in [0.15, 0.2) is 0 Å². The van der Waals surface area contributed by atoms with Crippen LogP contribution in [0.4, 0.5) is 0 Å². The van der Waals surface area contributed by atoms with Gasteiger partial charge in [-0.15, -0.1) is 0 Å². The molecule has 104 valence electrons. The summed E-state index contributed by atoms with van der Waals surface area (Å²) in [4.78, 5) is 14.5. The molecule has 4 nitrogen and oxygen atoms in total. The first-order valence-corrected chi connectivity index (χ1v) is 7.27. The highest BCUT2D eigenvalue weighted by Gasteiger charge is 2.35. The fourth-order valence-electron chi connectivity index (χ4n) is 3.05. The van der Waals surface area contributed by atoms with Gasteiger partial charge in [0, 0.05) is 18.1 Å². The van der Waals surface area contributed by atoms with Crippen molar-refractivity contribution >= 4 is 5.91 Å². The molecule has 2 aliphatic heterocycles. The minimum absolute atomic E-state index is 0.0831. The van der Waals surface area contributed by atoms with Gasteiger partial charge < -0.3 is 10.6 Å². The number of hydrogen-bond acceptors (Lipinski definition) is 3. The Hall–Kier alpha value is -0.610. The van der Waals surface area contributed by atoms with Gasteiger partial charge in [-0.25, -0.2) is 0 Å². The van der Waals surface area contributed by atoms with Crippen LogP contribution in [-0.2, 0) is 4.79 Å². The third-order valence-corrected chi connectivity index (χ3v) is 4.50. The van der Waals surface area contributed by atoms with Crippen molar-refractivity contribution in [2.24, 2.45) is 5.92 Å². The van der Waals surface area contributed by atoms with Gasteiger partial charge in [-0.2, -0.15) is 0 Å². The second kappa shape index (κ2) is 5.57. The minimum atomic E-state index is -0.0831. The van der Waals surface area contributed by atoms with E-state index < -0.39 is 0 Å². The number of carbonyl (C=O) groups excluding carboxylic acids is 1. The molecule has 2 unspecified atom stereocenters. The van der Waals surface area contributed by atoms with Crippen LogP contribution in [0.3, 0.4) is 0 Å². The first-order valence-electron chi connectivity index (χ1n) is 7.27. The smallest absolute Gasteiger partial charge is 0.234 e. The normalized spacial score (nSPS) is 29.1. The van der Waals surface area contributed by atoms with E-state index in [2.05, 4.69) is 36.3 Å². The molecule has 2 atom stereocenters. The lowest BCUT2D eigenvalue weighted by atomic mass is 9.92. The fourth-order valence-corrected chi connectivity index (χ4v) is 3.05. The molecule has 0 aromatic rings. The zero-order chi connectivity index (χ0) is 13.2. The number of nitrogens with zero attached hydrogens (tertiary/aromatic N) is 1. The second-order valence-electron chi connectivity index (χ2n) is 6.38. The Kier molecular flexibility index (Phi) is 4.28. The van der Waals surface area contributed by atoms with Crippen LogP contribution in [0.2, 0.25) is 0 Å². The summed E-state index contributed by atoms with van der Waals surface area (Å²) in [6.07, 6.45) is 3.51. The Morgan fingerprint density at radius 2 is 2.22 bits per heavy atom. The molecule has 18 heavy (non-hydrogen) atoms. The molecule has 0 aliphatic carbocycles. The van der Waals surface area contributed by atoms with E-state index in [1.807, 2.05) is 0 Å². The van der Waals surface area contributed by atoms with Gasteiger partial charge in [-0.05, 0) is 52.1 Å². The van der Waals surface area contributed by atoms with Crippen molar-refractivity contribution in [3.8, 4) is 0 Å². The van der Waals surface area contributed by atoms with E-state index in [0.717, 1.165) is 32.0 Å². The summed E-state index contributed by atoms with van der Waals surface area (Å²) in [5.41, 5.74) is -0.0831. The Morgan fingerprint density at radius 3 is 2.94 bits per heavy atom. The van der Waals surface area contributed by atoms with Crippen LogP contribution >= 0.6 is 0 Å². The molecule has 0 spiro atoms.